The van der Waals surface area contributed by atoms with E-state index in [1.165, 1.54) is 66.1 Å². The predicted molar refractivity (Wildman–Crippen MR) is 268 cm³/mol. The molecule has 12 rings (SSSR count). The monoisotopic (exact) mass is 813 g/mol. The van der Waals surface area contributed by atoms with Crippen LogP contribution in [0.2, 0.25) is 0 Å². The fourth-order valence-corrected chi connectivity index (χ4v) is 9.34. The Morgan fingerprint density at radius 1 is 0.234 bits per heavy atom. The molecule has 0 atom stereocenters. The van der Waals surface area contributed by atoms with Gasteiger partial charge in [-0.25, -0.2) is 9.97 Å². The van der Waals surface area contributed by atoms with E-state index in [1.807, 2.05) is 24.3 Å². The van der Waals surface area contributed by atoms with Gasteiger partial charge in [0.25, 0.3) is 0 Å². The van der Waals surface area contributed by atoms with Crippen LogP contribution in [0.25, 0.3) is 122 Å². The molecule has 3 nitrogen and oxygen atoms in total. The first-order chi connectivity index (χ1) is 31.7. The van der Waals surface area contributed by atoms with Crippen LogP contribution in [0.1, 0.15) is 0 Å². The van der Waals surface area contributed by atoms with Crippen molar-refractivity contribution in [2.75, 3.05) is 0 Å². The Morgan fingerprint density at radius 3 is 1.28 bits per heavy atom. The number of nitrogens with zero attached hydrogens (tertiary/aromatic N) is 3. The zero-order chi connectivity index (χ0) is 42.4. The third kappa shape index (κ3) is 6.68. The Kier molecular flexibility index (Phi) is 9.16. The third-order valence-corrected chi connectivity index (χ3v) is 12.5. The minimum atomic E-state index is 0.831. The van der Waals surface area contributed by atoms with Gasteiger partial charge in [-0.15, -0.1) is 0 Å². The summed E-state index contributed by atoms with van der Waals surface area (Å²) in [6, 6.07) is 82.6. The molecule has 298 valence electrons. The topological polar surface area (TPSA) is 38.7 Å². The standard InChI is InChI=1S/C61H39N3/c1-3-12-40(13-4-1)42-21-25-44(26-22-42)58-51-18-7-8-19-52(51)59(45-27-23-43(24-28-45)41-14-5-2-6-15-41)54-39-49(31-34-53(54)58)48-16-11-17-50(38-48)55-35-32-46-29-30-47-33-36-57(56-20-9-10-37-62-56)64-61(47)60(46)63-55/h1-39H. The molecule has 0 aliphatic heterocycles. The fraction of sp³-hybridized carbons (Fsp3) is 0. The van der Waals surface area contributed by atoms with Gasteiger partial charge >= 0.3 is 0 Å². The summed E-state index contributed by atoms with van der Waals surface area (Å²) in [4.78, 5) is 15.0. The second-order valence-corrected chi connectivity index (χ2v) is 16.3. The van der Waals surface area contributed by atoms with Crippen LogP contribution in [-0.4, -0.2) is 15.0 Å². The van der Waals surface area contributed by atoms with Crippen LogP contribution in [0.4, 0.5) is 0 Å². The highest BCUT2D eigenvalue weighted by Crippen LogP contribution is 2.45. The average Bonchev–Trinajstić information content (AvgIpc) is 3.38. The molecule has 0 amide bonds. The minimum absolute atomic E-state index is 0.831. The molecule has 12 aromatic rings. The molecule has 0 saturated heterocycles. The van der Waals surface area contributed by atoms with E-state index >= 15 is 0 Å². The number of hydrogen-bond donors (Lipinski definition) is 0. The van der Waals surface area contributed by atoms with E-state index in [2.05, 4.69) is 211 Å². The molecule has 0 radical (unpaired) electrons. The Labute approximate surface area is 371 Å². The van der Waals surface area contributed by atoms with Gasteiger partial charge in [-0.05, 0) is 114 Å². The van der Waals surface area contributed by atoms with Crippen LogP contribution in [0.3, 0.4) is 0 Å². The summed E-state index contributed by atoms with van der Waals surface area (Å²) in [5, 5.41) is 6.98. The van der Waals surface area contributed by atoms with Crippen LogP contribution in [0, 0.1) is 0 Å². The summed E-state index contributed by atoms with van der Waals surface area (Å²) >= 11 is 0. The molecule has 0 bridgehead atoms. The van der Waals surface area contributed by atoms with Gasteiger partial charge in [0.2, 0.25) is 0 Å². The number of rotatable bonds is 7. The molecular weight excluding hydrogens is 775 g/mol. The maximum Gasteiger partial charge on any atom is 0.0973 e. The van der Waals surface area contributed by atoms with E-state index < -0.39 is 0 Å². The predicted octanol–water partition coefficient (Wildman–Crippen LogP) is 16.2. The van der Waals surface area contributed by atoms with Crippen LogP contribution >= 0.6 is 0 Å². The van der Waals surface area contributed by atoms with Gasteiger partial charge in [0.1, 0.15) is 0 Å². The SMILES string of the molecule is c1ccc(-c2ccc(-c3c4ccccc4c(-c4ccc(-c5ccccc5)cc4)c4cc(-c5cccc(-c6ccc7ccc8ccc(-c9ccccn9)nc8c7n6)c5)ccc34)cc2)cc1. The van der Waals surface area contributed by atoms with Crippen molar-refractivity contribution >= 4 is 43.4 Å². The molecule has 3 aromatic heterocycles. The van der Waals surface area contributed by atoms with Crippen molar-refractivity contribution < 1.29 is 0 Å². The summed E-state index contributed by atoms with van der Waals surface area (Å²) in [5.41, 5.74) is 17.3. The Bertz CT molecular complexity index is 3680. The highest BCUT2D eigenvalue weighted by Gasteiger charge is 2.19. The Hall–Kier alpha value is -8.53. The molecule has 0 N–H and O–H groups in total. The maximum absolute atomic E-state index is 5.30. The van der Waals surface area contributed by atoms with Gasteiger partial charge < -0.3 is 0 Å². The molecule has 0 fully saturated rings. The molecule has 64 heavy (non-hydrogen) atoms. The zero-order valence-electron chi connectivity index (χ0n) is 34.9. The van der Waals surface area contributed by atoms with E-state index in [-0.39, 0.29) is 0 Å². The summed E-state index contributed by atoms with van der Waals surface area (Å²) in [6.45, 7) is 0. The molecular formula is C61H39N3. The number of pyridine rings is 3. The lowest BCUT2D eigenvalue weighted by Gasteiger charge is -2.19. The maximum atomic E-state index is 5.30. The molecule has 0 spiro atoms. The summed E-state index contributed by atoms with van der Waals surface area (Å²) in [6.07, 6.45) is 1.80. The van der Waals surface area contributed by atoms with Gasteiger partial charge in [0.15, 0.2) is 0 Å². The zero-order valence-corrected chi connectivity index (χ0v) is 34.9. The minimum Gasteiger partial charge on any atom is -0.255 e. The molecule has 0 aliphatic rings. The summed E-state index contributed by atoms with van der Waals surface area (Å²) in [5.74, 6) is 0. The first-order valence-electron chi connectivity index (χ1n) is 21.7. The van der Waals surface area contributed by atoms with Crippen molar-refractivity contribution in [2.24, 2.45) is 0 Å². The van der Waals surface area contributed by atoms with E-state index in [9.17, 15) is 0 Å². The average molecular weight is 814 g/mol. The van der Waals surface area contributed by atoms with Crippen molar-refractivity contribution in [2.45, 2.75) is 0 Å². The first-order valence-corrected chi connectivity index (χ1v) is 21.7. The Balaban J connectivity index is 1.02. The number of fused-ring (bicyclic) bond motifs is 5. The first kappa shape index (κ1) is 37.2. The molecule has 0 unspecified atom stereocenters. The Morgan fingerprint density at radius 2 is 0.672 bits per heavy atom. The van der Waals surface area contributed by atoms with E-state index in [0.717, 1.165) is 55.6 Å². The van der Waals surface area contributed by atoms with Crippen molar-refractivity contribution in [3.8, 4) is 78.3 Å². The third-order valence-electron chi connectivity index (χ3n) is 12.5. The van der Waals surface area contributed by atoms with Crippen molar-refractivity contribution in [3.63, 3.8) is 0 Å². The van der Waals surface area contributed by atoms with Crippen LogP contribution in [0.5, 0.6) is 0 Å². The van der Waals surface area contributed by atoms with E-state index in [0.29, 0.717) is 0 Å². The lowest BCUT2D eigenvalue weighted by atomic mass is 9.84. The fourth-order valence-electron chi connectivity index (χ4n) is 9.34. The van der Waals surface area contributed by atoms with Crippen molar-refractivity contribution in [1.29, 1.82) is 0 Å². The van der Waals surface area contributed by atoms with Crippen molar-refractivity contribution in [1.82, 2.24) is 15.0 Å². The summed E-state index contributed by atoms with van der Waals surface area (Å²) in [7, 11) is 0. The largest absolute Gasteiger partial charge is 0.255 e. The van der Waals surface area contributed by atoms with Crippen molar-refractivity contribution in [3.05, 3.63) is 237 Å². The molecule has 3 heteroatoms. The van der Waals surface area contributed by atoms with Crippen LogP contribution in [-0.2, 0) is 0 Å². The normalized spacial score (nSPS) is 11.4. The highest BCUT2D eigenvalue weighted by atomic mass is 14.8. The summed E-state index contributed by atoms with van der Waals surface area (Å²) < 4.78 is 0. The number of hydrogen-bond acceptors (Lipinski definition) is 3. The second kappa shape index (κ2) is 15.7. The smallest absolute Gasteiger partial charge is 0.0973 e. The lowest BCUT2D eigenvalue weighted by Crippen LogP contribution is -1.93. The molecule has 3 heterocycles. The number of aromatic nitrogens is 3. The quantitative estimate of drug-likeness (QED) is 0.119. The van der Waals surface area contributed by atoms with Gasteiger partial charge in [0, 0.05) is 22.5 Å². The molecule has 0 saturated carbocycles. The molecule has 9 aromatic carbocycles. The van der Waals surface area contributed by atoms with Gasteiger partial charge in [-0.2, -0.15) is 0 Å². The second-order valence-electron chi connectivity index (χ2n) is 16.3. The van der Waals surface area contributed by atoms with Crippen LogP contribution < -0.4 is 0 Å². The number of benzene rings is 9. The van der Waals surface area contributed by atoms with Crippen LogP contribution in [0.15, 0.2) is 237 Å². The lowest BCUT2D eigenvalue weighted by molar-refractivity contribution is 1.27. The van der Waals surface area contributed by atoms with Gasteiger partial charge in [0.05, 0.1) is 28.1 Å². The highest BCUT2D eigenvalue weighted by molar-refractivity contribution is 6.22. The van der Waals surface area contributed by atoms with E-state index in [4.69, 9.17) is 9.97 Å². The van der Waals surface area contributed by atoms with Gasteiger partial charge in [-0.1, -0.05) is 194 Å². The molecule has 0 aliphatic carbocycles. The van der Waals surface area contributed by atoms with Gasteiger partial charge in [-0.3, -0.25) is 4.98 Å². The van der Waals surface area contributed by atoms with E-state index in [1.54, 1.807) is 6.20 Å².